The van der Waals surface area contributed by atoms with Gasteiger partial charge in [-0.2, -0.15) is 0 Å². The normalized spacial score (nSPS) is 18.8. The first-order valence-corrected chi connectivity index (χ1v) is 11.4. The number of carboxylic acid groups (broad SMARTS) is 1. The van der Waals surface area contributed by atoms with Crippen molar-refractivity contribution in [3.05, 3.63) is 45.4 Å². The van der Waals surface area contributed by atoms with Crippen LogP contribution in [-0.2, 0) is 0 Å². The molecule has 0 radical (unpaired) electrons. The topological polar surface area (TPSA) is 83.0 Å². The van der Waals surface area contributed by atoms with E-state index in [2.05, 4.69) is 4.98 Å². The van der Waals surface area contributed by atoms with Crippen molar-refractivity contribution in [2.75, 3.05) is 26.2 Å². The van der Waals surface area contributed by atoms with Crippen molar-refractivity contribution in [3.63, 3.8) is 0 Å². The van der Waals surface area contributed by atoms with Gasteiger partial charge in [-0.3, -0.25) is 4.79 Å². The number of aromatic nitrogens is 1. The van der Waals surface area contributed by atoms with Crippen molar-refractivity contribution in [1.82, 2.24) is 14.8 Å². The van der Waals surface area contributed by atoms with Gasteiger partial charge in [0, 0.05) is 37.2 Å². The van der Waals surface area contributed by atoms with Gasteiger partial charge in [-0.1, -0.05) is 35.3 Å². The van der Waals surface area contributed by atoms with E-state index in [0.29, 0.717) is 35.9 Å². The Morgan fingerprint density at radius 3 is 2.90 bits per heavy atom. The highest BCUT2D eigenvalue weighted by molar-refractivity contribution is 7.16. The van der Waals surface area contributed by atoms with Crippen molar-refractivity contribution in [1.29, 1.82) is 0 Å². The third-order valence-electron chi connectivity index (χ3n) is 5.75. The molecular weight excluding hydrogens is 461 g/mol. The lowest BCUT2D eigenvalue weighted by atomic mass is 9.99. The average Bonchev–Trinajstić information content (AvgIpc) is 3.23. The minimum Gasteiger partial charge on any atom is -0.491 e. The Morgan fingerprint density at radius 2 is 2.10 bits per heavy atom. The van der Waals surface area contributed by atoms with E-state index in [9.17, 15) is 14.7 Å². The highest BCUT2D eigenvalue weighted by Crippen LogP contribution is 2.46. The third-order valence-corrected chi connectivity index (χ3v) is 7.20. The number of nitrogens with zero attached hydrogens (tertiary/aromatic N) is 3. The zero-order valence-corrected chi connectivity index (χ0v) is 18.5. The molecule has 0 unspecified atom stereocenters. The SMILES string of the molecule is O=C(O)N1CCN2C(=O)c3cc(Cl)c(-c4cccc5scnc45)c(Cl)c3OCC[C@H]2C1. The van der Waals surface area contributed by atoms with E-state index in [0.717, 1.165) is 15.8 Å². The van der Waals surface area contributed by atoms with E-state index in [1.807, 2.05) is 18.2 Å². The fourth-order valence-corrected chi connectivity index (χ4v) is 5.65. The number of carbonyl (C=O) groups is 2. The van der Waals surface area contributed by atoms with Gasteiger partial charge in [-0.15, -0.1) is 11.3 Å². The second-order valence-electron chi connectivity index (χ2n) is 7.45. The van der Waals surface area contributed by atoms with Crippen LogP contribution in [-0.4, -0.2) is 64.2 Å². The molecule has 3 aromatic rings. The summed E-state index contributed by atoms with van der Waals surface area (Å²) in [5.74, 6) is 0.0457. The number of carbonyl (C=O) groups excluding carboxylic acids is 1. The van der Waals surface area contributed by atoms with Gasteiger partial charge in [0.1, 0.15) is 0 Å². The summed E-state index contributed by atoms with van der Waals surface area (Å²) in [6, 6.07) is 7.12. The van der Waals surface area contributed by atoms with Crippen molar-refractivity contribution in [3.8, 4) is 16.9 Å². The van der Waals surface area contributed by atoms with Gasteiger partial charge in [0.05, 0.1) is 44.0 Å². The largest absolute Gasteiger partial charge is 0.491 e. The van der Waals surface area contributed by atoms with E-state index in [4.69, 9.17) is 27.9 Å². The van der Waals surface area contributed by atoms with Crippen LogP contribution < -0.4 is 4.74 Å². The number of fused-ring (bicyclic) bond motifs is 3. The number of piperazine rings is 1. The number of halogens is 2. The van der Waals surface area contributed by atoms with E-state index in [-0.39, 0.29) is 35.6 Å². The minimum absolute atomic E-state index is 0.255. The van der Waals surface area contributed by atoms with E-state index in [1.165, 1.54) is 16.2 Å². The van der Waals surface area contributed by atoms with Crippen molar-refractivity contribution in [2.24, 2.45) is 0 Å². The Kier molecular flexibility index (Phi) is 5.16. The number of thiazole rings is 1. The molecule has 0 bridgehead atoms. The molecule has 1 saturated heterocycles. The van der Waals surface area contributed by atoms with Gasteiger partial charge in [-0.05, 0) is 12.1 Å². The molecule has 2 aliphatic rings. The first-order valence-electron chi connectivity index (χ1n) is 9.72. The lowest BCUT2D eigenvalue weighted by molar-refractivity contribution is 0.0375. The molecule has 1 N–H and O–H groups in total. The van der Waals surface area contributed by atoms with E-state index in [1.54, 1.807) is 16.5 Å². The average molecular weight is 478 g/mol. The smallest absolute Gasteiger partial charge is 0.407 e. The van der Waals surface area contributed by atoms with Crippen molar-refractivity contribution >= 4 is 56.8 Å². The molecule has 7 nitrogen and oxygen atoms in total. The Hall–Kier alpha value is -2.55. The fourth-order valence-electron chi connectivity index (χ4n) is 4.23. The van der Waals surface area contributed by atoms with Crippen molar-refractivity contribution in [2.45, 2.75) is 12.5 Å². The molecule has 2 amide bonds. The predicted octanol–water partition coefficient (Wildman–Crippen LogP) is 4.86. The molecule has 10 heteroatoms. The first-order chi connectivity index (χ1) is 15.0. The van der Waals surface area contributed by atoms with Crippen LogP contribution in [0.4, 0.5) is 4.79 Å². The second kappa shape index (κ2) is 7.85. The Bertz CT molecular complexity index is 1210. The van der Waals surface area contributed by atoms with Crippen LogP contribution in [0.5, 0.6) is 5.75 Å². The molecule has 1 fully saturated rings. The Labute approximate surface area is 191 Å². The van der Waals surface area contributed by atoms with Gasteiger partial charge < -0.3 is 19.6 Å². The van der Waals surface area contributed by atoms with E-state index < -0.39 is 6.09 Å². The maximum absolute atomic E-state index is 13.4. The number of benzene rings is 2. The number of hydrogen-bond donors (Lipinski definition) is 1. The summed E-state index contributed by atoms with van der Waals surface area (Å²) in [5.41, 5.74) is 4.21. The lowest BCUT2D eigenvalue weighted by Crippen LogP contribution is -2.57. The van der Waals surface area contributed by atoms with Crippen LogP contribution in [0.1, 0.15) is 16.8 Å². The first kappa shape index (κ1) is 20.4. The maximum Gasteiger partial charge on any atom is 0.407 e. The monoisotopic (exact) mass is 477 g/mol. The number of amides is 2. The van der Waals surface area contributed by atoms with Gasteiger partial charge in [0.25, 0.3) is 5.91 Å². The molecular formula is C21H17Cl2N3O4S. The standard InChI is InChI=1S/C21H17Cl2N3O4S/c22-14-8-13-19(17(23)16(14)12-2-1-3-15-18(12)24-10-31-15)30-7-4-11-9-25(21(28)29)5-6-26(11)20(13)27/h1-3,8,10-11H,4-7,9H2,(H,28,29)/t11-/m0/s1. The van der Waals surface area contributed by atoms with Crippen LogP contribution in [0.2, 0.25) is 10.0 Å². The molecule has 160 valence electrons. The quantitative estimate of drug-likeness (QED) is 0.541. The fraction of sp³-hybridized carbons (Fsp3) is 0.286. The highest BCUT2D eigenvalue weighted by Gasteiger charge is 2.36. The lowest BCUT2D eigenvalue weighted by Gasteiger charge is -2.41. The summed E-state index contributed by atoms with van der Waals surface area (Å²) in [6.45, 7) is 1.13. The molecule has 1 atom stereocenters. The molecule has 5 rings (SSSR count). The van der Waals surface area contributed by atoms with Crippen LogP contribution >= 0.6 is 34.5 Å². The van der Waals surface area contributed by atoms with Crippen LogP contribution in [0.25, 0.3) is 21.3 Å². The van der Waals surface area contributed by atoms with Crippen molar-refractivity contribution < 1.29 is 19.4 Å². The third kappa shape index (κ3) is 3.39. The molecule has 1 aromatic heterocycles. The minimum atomic E-state index is -0.984. The zero-order valence-electron chi connectivity index (χ0n) is 16.2. The molecule has 0 spiro atoms. The summed E-state index contributed by atoms with van der Waals surface area (Å²) >= 11 is 14.9. The predicted molar refractivity (Wildman–Crippen MR) is 120 cm³/mol. The summed E-state index contributed by atoms with van der Waals surface area (Å²) in [4.78, 5) is 32.2. The Balaban J connectivity index is 1.59. The number of hydrogen-bond acceptors (Lipinski definition) is 5. The maximum atomic E-state index is 13.4. The molecule has 2 aromatic carbocycles. The Morgan fingerprint density at radius 1 is 1.26 bits per heavy atom. The van der Waals surface area contributed by atoms with Crippen LogP contribution in [0, 0.1) is 0 Å². The van der Waals surface area contributed by atoms with Gasteiger partial charge in [-0.25, -0.2) is 9.78 Å². The summed E-state index contributed by atoms with van der Waals surface area (Å²) < 4.78 is 6.97. The highest BCUT2D eigenvalue weighted by atomic mass is 35.5. The summed E-state index contributed by atoms with van der Waals surface area (Å²) in [5, 5.41) is 9.91. The van der Waals surface area contributed by atoms with E-state index >= 15 is 0 Å². The summed E-state index contributed by atoms with van der Waals surface area (Å²) in [7, 11) is 0. The molecule has 3 heterocycles. The van der Waals surface area contributed by atoms with Gasteiger partial charge >= 0.3 is 6.09 Å². The molecule has 0 saturated carbocycles. The second-order valence-corrected chi connectivity index (χ2v) is 9.12. The molecule has 31 heavy (non-hydrogen) atoms. The molecule has 2 aliphatic heterocycles. The zero-order chi connectivity index (χ0) is 21.7. The number of rotatable bonds is 1. The molecule has 0 aliphatic carbocycles. The number of para-hydroxylation sites is 1. The van der Waals surface area contributed by atoms with Crippen LogP contribution in [0.15, 0.2) is 29.8 Å². The van der Waals surface area contributed by atoms with Gasteiger partial charge in [0.15, 0.2) is 5.75 Å². The number of ether oxygens (including phenoxy) is 1. The van der Waals surface area contributed by atoms with Gasteiger partial charge in [0.2, 0.25) is 0 Å². The van der Waals surface area contributed by atoms with Crippen LogP contribution in [0.3, 0.4) is 0 Å². The summed E-state index contributed by atoms with van der Waals surface area (Å²) in [6.07, 6.45) is -0.479.